The molecule has 6 atom stereocenters. The van der Waals surface area contributed by atoms with Gasteiger partial charge in [-0.25, -0.2) is 4.79 Å². The fraction of sp³-hybridized carbons (Fsp3) is 0.548. The summed E-state index contributed by atoms with van der Waals surface area (Å²) in [5, 5.41) is 10.3. The number of rotatable bonds is 13. The molecule has 2 aromatic rings. The first-order chi connectivity index (χ1) is 23.0. The number of hydrogen-bond donors (Lipinski definition) is 1. The number of carbonyl (C=O) groups is 6. The maximum atomic E-state index is 12.8. The van der Waals surface area contributed by atoms with Gasteiger partial charge in [0.05, 0.1) is 6.42 Å². The van der Waals surface area contributed by atoms with Gasteiger partial charge in [0.2, 0.25) is 5.89 Å². The van der Waals surface area contributed by atoms with Gasteiger partial charge in [-0.3, -0.25) is 24.0 Å². The molecule has 1 fully saturated rings. The van der Waals surface area contributed by atoms with E-state index in [0.29, 0.717) is 0 Å². The Hall–Kier alpha value is -4.71. The topological polar surface area (TPSA) is 218 Å². The minimum Gasteiger partial charge on any atom is -0.463 e. The van der Waals surface area contributed by atoms with E-state index >= 15 is 0 Å². The molecule has 1 N–H and O–H groups in total. The van der Waals surface area contributed by atoms with Crippen LogP contribution in [0.3, 0.4) is 0 Å². The van der Waals surface area contributed by atoms with E-state index in [1.807, 2.05) is 6.07 Å². The van der Waals surface area contributed by atoms with E-state index in [2.05, 4.69) is 15.5 Å². The minimum absolute atomic E-state index is 0.0212. The number of hydrogen-bond acceptors (Lipinski definition) is 17. The lowest BCUT2D eigenvalue weighted by atomic mass is 9.99. The summed E-state index contributed by atoms with van der Waals surface area (Å²) in [4.78, 5) is 73.4. The van der Waals surface area contributed by atoms with Crippen LogP contribution in [0.5, 0.6) is 0 Å². The summed E-state index contributed by atoms with van der Waals surface area (Å²) in [6, 6.07) is 7.75. The molecular formula is C31H39N3O14S. The number of carbonyl (C=O) groups excluding carboxylic acids is 6. The molecule has 0 radical (unpaired) electrons. The van der Waals surface area contributed by atoms with Gasteiger partial charge >= 0.3 is 35.9 Å². The maximum absolute atomic E-state index is 12.8. The number of ether oxygens (including phenoxy) is 7. The zero-order valence-electron chi connectivity index (χ0n) is 28.0. The highest BCUT2D eigenvalue weighted by molar-refractivity contribution is 7.99. The summed E-state index contributed by atoms with van der Waals surface area (Å²) in [5.74, 6) is -3.95. The van der Waals surface area contributed by atoms with Gasteiger partial charge in [-0.2, -0.15) is 0 Å². The Bertz CT molecular complexity index is 1480. The quantitative estimate of drug-likeness (QED) is 0.233. The number of benzene rings is 1. The fourth-order valence-electron chi connectivity index (χ4n) is 4.41. The predicted octanol–water partition coefficient (Wildman–Crippen LogP) is 2.94. The van der Waals surface area contributed by atoms with Gasteiger partial charge in [0.25, 0.3) is 5.22 Å². The van der Waals surface area contributed by atoms with Gasteiger partial charge < -0.3 is 42.9 Å². The number of nitrogens with zero attached hydrogens (tertiary/aromatic N) is 2. The summed E-state index contributed by atoms with van der Waals surface area (Å²) in [6.07, 6.45) is -6.67. The average Bonchev–Trinajstić information content (AvgIpc) is 3.45. The van der Waals surface area contributed by atoms with E-state index in [9.17, 15) is 28.8 Å². The van der Waals surface area contributed by atoms with Gasteiger partial charge in [0.15, 0.2) is 23.7 Å². The van der Waals surface area contributed by atoms with Crippen LogP contribution in [-0.4, -0.2) is 88.2 Å². The van der Waals surface area contributed by atoms with Crippen LogP contribution in [0, 0.1) is 0 Å². The first-order valence-electron chi connectivity index (χ1n) is 15.0. The van der Waals surface area contributed by atoms with Crippen molar-refractivity contribution in [3.8, 4) is 0 Å². The summed E-state index contributed by atoms with van der Waals surface area (Å²) >= 11 is 0.726. The van der Waals surface area contributed by atoms with E-state index in [4.69, 9.17) is 37.6 Å². The smallest absolute Gasteiger partial charge is 0.408 e. The van der Waals surface area contributed by atoms with Crippen molar-refractivity contribution in [2.24, 2.45) is 0 Å². The predicted molar refractivity (Wildman–Crippen MR) is 165 cm³/mol. The molecule has 0 aliphatic carbocycles. The summed E-state index contributed by atoms with van der Waals surface area (Å²) in [5.41, 5.74) is -1.39. The second-order valence-corrected chi connectivity index (χ2v) is 12.7. The van der Waals surface area contributed by atoms with E-state index in [-0.39, 0.29) is 17.7 Å². The van der Waals surface area contributed by atoms with Crippen molar-refractivity contribution in [3.63, 3.8) is 0 Å². The molecule has 0 bridgehead atoms. The SMILES string of the molecule is CC(=O)OC[C@H]1O[C@@H](Sc2nnc([C@H](CC(=O)OCc3ccccc3)NC(=O)OC(C)(C)C)o2)[C@H](OC(C)=O)[C@@H](OC(C)=O)[C@@H]1OC(C)=O. The molecule has 49 heavy (non-hydrogen) atoms. The number of thioether (sulfide) groups is 1. The first kappa shape index (κ1) is 38.7. The van der Waals surface area contributed by atoms with E-state index in [1.165, 1.54) is 0 Å². The Morgan fingerprint density at radius 3 is 2.04 bits per heavy atom. The van der Waals surface area contributed by atoms with Gasteiger partial charge in [0, 0.05) is 27.7 Å². The number of esters is 5. The van der Waals surface area contributed by atoms with E-state index in [1.54, 1.807) is 45.0 Å². The maximum Gasteiger partial charge on any atom is 0.408 e. The zero-order valence-corrected chi connectivity index (χ0v) is 28.8. The van der Waals surface area contributed by atoms with Crippen LogP contribution in [0.4, 0.5) is 4.79 Å². The molecule has 1 amide bonds. The Morgan fingerprint density at radius 2 is 1.45 bits per heavy atom. The third-order valence-electron chi connectivity index (χ3n) is 6.19. The molecule has 2 heterocycles. The molecule has 0 spiro atoms. The van der Waals surface area contributed by atoms with Gasteiger partial charge in [-0.1, -0.05) is 30.3 Å². The molecule has 1 aromatic carbocycles. The van der Waals surface area contributed by atoms with Crippen molar-refractivity contribution in [2.75, 3.05) is 6.61 Å². The lowest BCUT2D eigenvalue weighted by Gasteiger charge is -2.43. The summed E-state index contributed by atoms with van der Waals surface area (Å²) < 4.78 is 43.9. The molecule has 0 saturated carbocycles. The summed E-state index contributed by atoms with van der Waals surface area (Å²) in [6.45, 7) is 8.98. The molecule has 1 aliphatic rings. The Morgan fingerprint density at radius 1 is 0.837 bits per heavy atom. The van der Waals surface area contributed by atoms with Crippen molar-refractivity contribution in [2.45, 2.75) is 108 Å². The van der Waals surface area contributed by atoms with Gasteiger partial charge in [0.1, 0.15) is 31.0 Å². The van der Waals surface area contributed by atoms with Crippen molar-refractivity contribution in [1.82, 2.24) is 15.5 Å². The Balaban J connectivity index is 1.90. The summed E-state index contributed by atoms with van der Waals surface area (Å²) in [7, 11) is 0. The van der Waals surface area contributed by atoms with E-state index < -0.39 is 90.5 Å². The van der Waals surface area contributed by atoms with Gasteiger partial charge in [-0.05, 0) is 38.1 Å². The monoisotopic (exact) mass is 709 g/mol. The average molecular weight is 710 g/mol. The Kier molecular flexibility index (Phi) is 13.9. The van der Waals surface area contributed by atoms with Crippen LogP contribution in [0.15, 0.2) is 40.0 Å². The lowest BCUT2D eigenvalue weighted by molar-refractivity contribution is -0.237. The molecule has 0 unspecified atom stereocenters. The number of nitrogens with one attached hydrogen (secondary N) is 1. The van der Waals surface area contributed by atoms with Crippen LogP contribution < -0.4 is 5.32 Å². The van der Waals surface area contributed by atoms with Crippen LogP contribution in [0.25, 0.3) is 0 Å². The minimum atomic E-state index is -1.42. The standard InChI is InChI=1S/C31H39N3O14S/c1-16(35)41-15-22-24(43-17(2)36)25(44-18(3)37)26(45-19(4)38)28(46-22)49-30-34-33-27(47-30)21(32-29(40)48-31(5,6)7)13-23(39)42-14-20-11-9-8-10-12-20/h8-12,21-22,24-26,28H,13-15H2,1-7H3,(H,32,40)/t21-,22+,24+,25-,26+,28-/m0/s1. The molecule has 18 heteroatoms. The third kappa shape index (κ3) is 13.0. The van der Waals surface area contributed by atoms with Crippen molar-refractivity contribution >= 4 is 47.7 Å². The molecule has 1 saturated heterocycles. The molecule has 268 valence electrons. The number of alkyl carbamates (subject to hydrolysis) is 1. The first-order valence-corrected chi connectivity index (χ1v) is 15.9. The van der Waals surface area contributed by atoms with Crippen molar-refractivity contribution in [3.05, 3.63) is 41.8 Å². The normalized spacial score (nSPS) is 21.0. The molecule has 3 rings (SSSR count). The van der Waals surface area contributed by atoms with Crippen molar-refractivity contribution < 1.29 is 66.3 Å². The van der Waals surface area contributed by atoms with Crippen LogP contribution in [0.2, 0.25) is 0 Å². The molecule has 17 nitrogen and oxygen atoms in total. The number of amides is 1. The highest BCUT2D eigenvalue weighted by atomic mass is 32.2. The lowest BCUT2D eigenvalue weighted by Crippen LogP contribution is -2.61. The largest absolute Gasteiger partial charge is 0.463 e. The molecule has 1 aromatic heterocycles. The van der Waals surface area contributed by atoms with E-state index in [0.717, 1.165) is 45.0 Å². The second kappa shape index (κ2) is 17.6. The Labute approximate surface area is 286 Å². The van der Waals surface area contributed by atoms with Crippen LogP contribution in [0.1, 0.15) is 72.4 Å². The van der Waals surface area contributed by atoms with Gasteiger partial charge in [-0.15, -0.1) is 10.2 Å². The second-order valence-electron chi connectivity index (χ2n) is 11.6. The zero-order chi connectivity index (χ0) is 36.3. The fourth-order valence-corrected chi connectivity index (χ4v) is 5.37. The van der Waals surface area contributed by atoms with Crippen LogP contribution in [-0.2, 0) is 63.7 Å². The van der Waals surface area contributed by atoms with Crippen molar-refractivity contribution in [1.29, 1.82) is 0 Å². The number of aromatic nitrogens is 2. The highest BCUT2D eigenvalue weighted by Gasteiger charge is 2.53. The highest BCUT2D eigenvalue weighted by Crippen LogP contribution is 2.37. The third-order valence-corrected chi connectivity index (χ3v) is 7.17. The molecular weight excluding hydrogens is 670 g/mol. The molecule has 1 aliphatic heterocycles. The van der Waals surface area contributed by atoms with Crippen LogP contribution >= 0.6 is 11.8 Å².